The van der Waals surface area contributed by atoms with Gasteiger partial charge in [-0.05, 0) is 66.4 Å². The summed E-state index contributed by atoms with van der Waals surface area (Å²) in [5, 5.41) is 5.15. The Bertz CT molecular complexity index is 1440. The highest BCUT2D eigenvalue weighted by molar-refractivity contribution is 5.81. The third kappa shape index (κ3) is 5.15. The highest BCUT2D eigenvalue weighted by atomic mass is 19.1. The molecule has 6 nitrogen and oxygen atoms in total. The van der Waals surface area contributed by atoms with Crippen LogP contribution in [0.4, 0.5) is 4.39 Å². The average molecular weight is 486 g/mol. The van der Waals surface area contributed by atoms with Gasteiger partial charge in [-0.15, -0.1) is 0 Å². The molecule has 0 bridgehead atoms. The number of hydrogen-bond donors (Lipinski definition) is 0. The molecule has 4 aromatic rings. The molecule has 0 spiro atoms. The molecule has 1 aromatic heterocycles. The first kappa shape index (κ1) is 23.7. The number of halogens is 1. The number of para-hydroxylation sites is 1. The summed E-state index contributed by atoms with van der Waals surface area (Å²) in [6.45, 7) is 0.285. The maximum absolute atomic E-state index is 13.4. The molecule has 0 atom stereocenters. The van der Waals surface area contributed by atoms with E-state index in [2.05, 4.69) is 5.10 Å². The number of rotatable bonds is 7. The Hall–Kier alpha value is -4.00. The van der Waals surface area contributed by atoms with E-state index in [0.29, 0.717) is 22.4 Å². The molecule has 7 heteroatoms. The zero-order chi connectivity index (χ0) is 24.9. The number of aromatic nitrogens is 2. The summed E-state index contributed by atoms with van der Waals surface area (Å²) in [5.74, 6) is 1.75. The summed E-state index contributed by atoms with van der Waals surface area (Å²) >= 11 is 0. The summed E-state index contributed by atoms with van der Waals surface area (Å²) in [7, 11) is 1.57. The molecule has 5 rings (SSSR count). The smallest absolute Gasteiger partial charge is 0.282 e. The van der Waals surface area contributed by atoms with E-state index in [1.165, 1.54) is 23.2 Å². The van der Waals surface area contributed by atoms with Crippen LogP contribution < -0.4 is 15.0 Å². The normalized spacial score (nSPS) is 14.4. The van der Waals surface area contributed by atoms with Gasteiger partial charge in [0.05, 0.1) is 24.2 Å². The van der Waals surface area contributed by atoms with Crippen molar-refractivity contribution in [3.05, 3.63) is 99.9 Å². The number of methoxy groups -OCH3 is 1. The molecule has 184 valence electrons. The first-order valence-electron chi connectivity index (χ1n) is 12.2. The predicted octanol–water partition coefficient (Wildman–Crippen LogP) is 6.05. The van der Waals surface area contributed by atoms with Crippen LogP contribution in [0.1, 0.15) is 55.0 Å². The number of hydrogen-bond acceptors (Lipinski definition) is 5. The van der Waals surface area contributed by atoms with E-state index >= 15 is 0 Å². The van der Waals surface area contributed by atoms with Crippen molar-refractivity contribution in [1.82, 2.24) is 9.66 Å². The maximum atomic E-state index is 13.4. The molecule has 3 aromatic carbocycles. The van der Waals surface area contributed by atoms with E-state index in [-0.39, 0.29) is 23.9 Å². The molecule has 0 unspecified atom stereocenters. The van der Waals surface area contributed by atoms with Crippen molar-refractivity contribution in [3.8, 4) is 11.5 Å². The Kier molecular flexibility index (Phi) is 7.07. The van der Waals surface area contributed by atoms with Crippen LogP contribution in [0.25, 0.3) is 10.9 Å². The number of fused-ring (bicyclic) bond motifs is 1. The molecular weight excluding hydrogens is 457 g/mol. The second-order valence-electron chi connectivity index (χ2n) is 9.01. The molecule has 0 aliphatic heterocycles. The fraction of sp³-hybridized carbons (Fsp3) is 0.276. The lowest BCUT2D eigenvalue weighted by molar-refractivity contribution is 0.284. The van der Waals surface area contributed by atoms with E-state index in [4.69, 9.17) is 14.5 Å². The predicted molar refractivity (Wildman–Crippen MR) is 139 cm³/mol. The van der Waals surface area contributed by atoms with E-state index in [1.807, 2.05) is 30.3 Å². The third-order valence-electron chi connectivity index (χ3n) is 6.57. The summed E-state index contributed by atoms with van der Waals surface area (Å²) in [6.07, 6.45) is 7.15. The Labute approximate surface area is 209 Å². The second-order valence-corrected chi connectivity index (χ2v) is 9.01. The highest BCUT2D eigenvalue weighted by Gasteiger charge is 2.22. The van der Waals surface area contributed by atoms with Crippen LogP contribution in [0.5, 0.6) is 11.5 Å². The van der Waals surface area contributed by atoms with Gasteiger partial charge in [0.25, 0.3) is 5.56 Å². The molecule has 0 saturated heterocycles. The first-order chi connectivity index (χ1) is 17.6. The van der Waals surface area contributed by atoms with Crippen molar-refractivity contribution in [2.45, 2.75) is 44.6 Å². The van der Waals surface area contributed by atoms with Gasteiger partial charge >= 0.3 is 0 Å². The first-order valence-corrected chi connectivity index (χ1v) is 12.2. The van der Waals surface area contributed by atoms with Crippen LogP contribution >= 0.6 is 0 Å². The van der Waals surface area contributed by atoms with Crippen molar-refractivity contribution in [3.63, 3.8) is 0 Å². The van der Waals surface area contributed by atoms with Crippen molar-refractivity contribution < 1.29 is 13.9 Å². The molecule has 0 N–H and O–H groups in total. The topological polar surface area (TPSA) is 65.7 Å². The third-order valence-corrected chi connectivity index (χ3v) is 6.57. The molecule has 0 amide bonds. The van der Waals surface area contributed by atoms with Gasteiger partial charge in [0.15, 0.2) is 11.5 Å². The minimum atomic E-state index is -0.285. The van der Waals surface area contributed by atoms with Gasteiger partial charge in [0.2, 0.25) is 0 Å². The molecule has 0 radical (unpaired) electrons. The van der Waals surface area contributed by atoms with Gasteiger partial charge in [0.1, 0.15) is 18.2 Å². The summed E-state index contributed by atoms with van der Waals surface area (Å²) in [5.41, 5.74) is 2.15. The van der Waals surface area contributed by atoms with Gasteiger partial charge in [-0.1, -0.05) is 43.5 Å². The minimum Gasteiger partial charge on any atom is -0.493 e. The van der Waals surface area contributed by atoms with Crippen molar-refractivity contribution >= 4 is 17.1 Å². The minimum absolute atomic E-state index is 0.163. The highest BCUT2D eigenvalue weighted by Crippen LogP contribution is 2.32. The Morgan fingerprint density at radius 3 is 2.58 bits per heavy atom. The zero-order valence-corrected chi connectivity index (χ0v) is 20.2. The molecule has 1 heterocycles. The summed E-state index contributed by atoms with van der Waals surface area (Å²) in [6, 6.07) is 19.0. The summed E-state index contributed by atoms with van der Waals surface area (Å²) < 4.78 is 26.0. The monoisotopic (exact) mass is 485 g/mol. The van der Waals surface area contributed by atoms with Crippen LogP contribution in [-0.2, 0) is 6.61 Å². The average Bonchev–Trinajstić information content (AvgIpc) is 2.93. The fourth-order valence-corrected chi connectivity index (χ4v) is 4.63. The van der Waals surface area contributed by atoms with Crippen molar-refractivity contribution in [2.24, 2.45) is 5.10 Å². The van der Waals surface area contributed by atoms with E-state index in [0.717, 1.165) is 42.6 Å². The van der Waals surface area contributed by atoms with Gasteiger partial charge < -0.3 is 9.47 Å². The van der Waals surface area contributed by atoms with E-state index < -0.39 is 0 Å². The van der Waals surface area contributed by atoms with Crippen LogP contribution in [0, 0.1) is 5.82 Å². The molecule has 1 saturated carbocycles. The molecule has 1 aliphatic rings. The SMILES string of the molecule is COc1cc(C=Nn2c(C3CCCCC3)nc3ccccc3c2=O)ccc1OCc1ccc(F)cc1. The van der Waals surface area contributed by atoms with Crippen molar-refractivity contribution in [1.29, 1.82) is 0 Å². The van der Waals surface area contributed by atoms with Gasteiger partial charge in [-0.3, -0.25) is 4.79 Å². The van der Waals surface area contributed by atoms with Gasteiger partial charge in [-0.2, -0.15) is 9.78 Å². The quantitative estimate of drug-likeness (QED) is 0.299. The Morgan fingerprint density at radius 2 is 1.81 bits per heavy atom. The Balaban J connectivity index is 1.44. The lowest BCUT2D eigenvalue weighted by atomic mass is 9.88. The molecular formula is C29H28FN3O3. The number of benzene rings is 3. The van der Waals surface area contributed by atoms with Crippen LogP contribution in [0.2, 0.25) is 0 Å². The lowest BCUT2D eigenvalue weighted by Crippen LogP contribution is -2.25. The molecule has 1 aliphatic carbocycles. The van der Waals surface area contributed by atoms with Crippen LogP contribution in [-0.4, -0.2) is 23.0 Å². The zero-order valence-electron chi connectivity index (χ0n) is 20.2. The van der Waals surface area contributed by atoms with Crippen LogP contribution in [0.3, 0.4) is 0 Å². The van der Waals surface area contributed by atoms with Gasteiger partial charge in [0, 0.05) is 5.92 Å². The number of ether oxygens (including phenoxy) is 2. The van der Waals surface area contributed by atoms with Gasteiger partial charge in [-0.25, -0.2) is 9.37 Å². The number of nitrogens with zero attached hydrogens (tertiary/aromatic N) is 3. The largest absolute Gasteiger partial charge is 0.493 e. The molecule has 1 fully saturated rings. The lowest BCUT2D eigenvalue weighted by Gasteiger charge is -2.22. The fourth-order valence-electron chi connectivity index (χ4n) is 4.63. The van der Waals surface area contributed by atoms with E-state index in [1.54, 1.807) is 37.6 Å². The molecule has 36 heavy (non-hydrogen) atoms. The summed E-state index contributed by atoms with van der Waals surface area (Å²) in [4.78, 5) is 18.2. The standard InChI is InChI=1S/C29H28FN3O3/c1-35-27-17-21(13-16-26(27)36-19-20-11-14-23(30)15-12-20)18-31-33-28(22-7-3-2-4-8-22)32-25-10-6-5-9-24(25)29(33)34/h5-6,9-18,22H,2-4,7-8,19H2,1H3. The van der Waals surface area contributed by atoms with E-state index in [9.17, 15) is 9.18 Å². The van der Waals surface area contributed by atoms with Crippen molar-refractivity contribution in [2.75, 3.05) is 7.11 Å². The van der Waals surface area contributed by atoms with Crippen LogP contribution in [0.15, 0.2) is 76.6 Å². The Morgan fingerprint density at radius 1 is 1.03 bits per heavy atom. The maximum Gasteiger partial charge on any atom is 0.282 e. The second kappa shape index (κ2) is 10.7.